The minimum atomic E-state index is -1.67. The standard InChI is InChI=1S/C66H60F6N8O8/c1-3-41-51(68)12-7-35-21-37(83)22-47(54(35)41)43-8-10-45-58(56(43)71)74-64(76-62(45)78-18-20-86-40(30-78)32-82)88-34-66-14-6-16-80(66)60(53(70)27-66)50-25-52(69)42(4-2)55-48(23-38(84)24-49(50)55)44-9-11-46-59(57(44)72)73-63(75-61(46)77-17-19-85-39(29-77)31-81)87-33-65-13-5-15-79(65)28-36(67)26-65/h1-2,7-12,21-25,36,39-40,53,60,81-84H,5-6,13-20,26-34H2/t36-,39+,40-,53-,60?,65+,66+/m1/s1. The summed E-state index contributed by atoms with van der Waals surface area (Å²) in [5.74, 6) is 1.41. The highest BCUT2D eigenvalue weighted by Crippen LogP contribution is 2.54. The van der Waals surface area contributed by atoms with Gasteiger partial charge in [-0.3, -0.25) is 9.80 Å². The molecule has 4 N–H and O–H groups in total. The number of aliphatic hydroxyl groups excluding tert-OH is 2. The number of aromatic hydroxyl groups is 2. The number of anilines is 2. The van der Waals surface area contributed by atoms with Gasteiger partial charge in [0.15, 0.2) is 11.6 Å². The summed E-state index contributed by atoms with van der Waals surface area (Å²) in [4.78, 5) is 26.5. The number of nitrogens with zero attached hydrogens (tertiary/aromatic N) is 8. The smallest absolute Gasteiger partial charge is 0.319 e. The van der Waals surface area contributed by atoms with Crippen LogP contribution in [0.4, 0.5) is 38.0 Å². The highest BCUT2D eigenvalue weighted by atomic mass is 19.2. The molecule has 16 nitrogen and oxygen atoms in total. The lowest BCUT2D eigenvalue weighted by molar-refractivity contribution is 0.00337. The predicted octanol–water partition coefficient (Wildman–Crippen LogP) is 9.19. The van der Waals surface area contributed by atoms with Crippen LogP contribution in [0.2, 0.25) is 0 Å². The van der Waals surface area contributed by atoms with E-state index in [2.05, 4.69) is 26.7 Å². The summed E-state index contributed by atoms with van der Waals surface area (Å²) in [5.41, 5.74) is -2.40. The molecule has 2 aromatic heterocycles. The summed E-state index contributed by atoms with van der Waals surface area (Å²) in [6, 6.07) is 13.6. The van der Waals surface area contributed by atoms with Crippen LogP contribution in [0.5, 0.6) is 23.5 Å². The minimum absolute atomic E-state index is 0.00608. The third kappa shape index (κ3) is 9.58. The summed E-state index contributed by atoms with van der Waals surface area (Å²) in [6.07, 6.45) is 10.7. The first-order valence-corrected chi connectivity index (χ1v) is 29.5. The maximum absolute atomic E-state index is 18.0. The van der Waals surface area contributed by atoms with Crippen LogP contribution in [0, 0.1) is 48.0 Å². The average molecular weight is 1210 g/mol. The Hall–Kier alpha value is -8.22. The molecule has 88 heavy (non-hydrogen) atoms. The summed E-state index contributed by atoms with van der Waals surface area (Å²) in [7, 11) is 0. The van der Waals surface area contributed by atoms with Gasteiger partial charge in [-0.2, -0.15) is 19.9 Å². The van der Waals surface area contributed by atoms with Crippen LogP contribution in [0.25, 0.3) is 65.6 Å². The Morgan fingerprint density at radius 3 is 1.78 bits per heavy atom. The van der Waals surface area contributed by atoms with E-state index in [4.69, 9.17) is 41.8 Å². The van der Waals surface area contributed by atoms with Crippen LogP contribution in [-0.2, 0) is 9.47 Å². The van der Waals surface area contributed by atoms with Gasteiger partial charge in [-0.15, -0.1) is 12.8 Å². The molecule has 0 spiro atoms. The molecule has 7 atom stereocenters. The molecule has 0 bridgehead atoms. The largest absolute Gasteiger partial charge is 0.508 e. The van der Waals surface area contributed by atoms with Crippen molar-refractivity contribution in [3.8, 4) is 70.5 Å². The Morgan fingerprint density at radius 1 is 0.602 bits per heavy atom. The Labute approximate surface area is 501 Å². The number of morpholine rings is 2. The first-order valence-electron chi connectivity index (χ1n) is 29.5. The van der Waals surface area contributed by atoms with E-state index in [9.17, 15) is 24.8 Å². The molecule has 454 valence electrons. The first-order chi connectivity index (χ1) is 42.6. The molecular formula is C66H60F6N8O8. The second-order valence-electron chi connectivity index (χ2n) is 23.9. The lowest BCUT2D eigenvalue weighted by Gasteiger charge is -2.35. The van der Waals surface area contributed by atoms with Gasteiger partial charge in [0, 0.05) is 78.2 Å². The maximum atomic E-state index is 18.0. The van der Waals surface area contributed by atoms with Crippen molar-refractivity contribution in [1.82, 2.24) is 29.7 Å². The number of rotatable bonds is 13. The van der Waals surface area contributed by atoms with Crippen molar-refractivity contribution in [2.75, 3.05) is 95.3 Å². The van der Waals surface area contributed by atoms with Gasteiger partial charge in [-0.1, -0.05) is 30.0 Å². The van der Waals surface area contributed by atoms with Gasteiger partial charge in [-0.25, -0.2) is 26.3 Å². The third-order valence-electron chi connectivity index (χ3n) is 18.9. The quantitative estimate of drug-likeness (QED) is 0.0633. The van der Waals surface area contributed by atoms with Crippen molar-refractivity contribution < 1.29 is 65.7 Å². The number of halogens is 6. The third-order valence-corrected chi connectivity index (χ3v) is 18.9. The maximum Gasteiger partial charge on any atom is 0.319 e. The molecule has 8 heterocycles. The summed E-state index contributed by atoms with van der Waals surface area (Å²) in [5, 5.41) is 44.0. The monoisotopic (exact) mass is 1210 g/mol. The zero-order chi connectivity index (χ0) is 60.9. The van der Waals surface area contributed by atoms with Gasteiger partial charge in [0.2, 0.25) is 0 Å². The van der Waals surface area contributed by atoms with Gasteiger partial charge in [0.25, 0.3) is 0 Å². The van der Waals surface area contributed by atoms with E-state index in [-0.39, 0.29) is 178 Å². The second-order valence-corrected chi connectivity index (χ2v) is 23.9. The van der Waals surface area contributed by atoms with E-state index in [1.807, 2.05) is 14.7 Å². The topological polar surface area (TPSA) is 182 Å². The van der Waals surface area contributed by atoms with Crippen LogP contribution < -0.4 is 19.3 Å². The van der Waals surface area contributed by atoms with Crippen molar-refractivity contribution in [1.29, 1.82) is 0 Å². The van der Waals surface area contributed by atoms with E-state index in [0.717, 1.165) is 12.5 Å². The van der Waals surface area contributed by atoms with Crippen molar-refractivity contribution >= 4 is 55.0 Å². The van der Waals surface area contributed by atoms with Gasteiger partial charge in [-0.05, 0) is 115 Å². The minimum Gasteiger partial charge on any atom is -0.508 e. The van der Waals surface area contributed by atoms with Crippen molar-refractivity contribution in [2.45, 2.75) is 80.2 Å². The number of hydrogen-bond donors (Lipinski definition) is 4. The van der Waals surface area contributed by atoms with E-state index in [1.165, 1.54) is 48.5 Å². The highest BCUT2D eigenvalue weighted by molar-refractivity contribution is 6.06. The Kier molecular flexibility index (Phi) is 14.7. The molecule has 0 saturated carbocycles. The number of hydrogen-bond acceptors (Lipinski definition) is 16. The number of alkyl halides is 2. The number of benzene rings is 6. The van der Waals surface area contributed by atoms with Crippen LogP contribution in [-0.4, -0.2) is 171 Å². The number of fused-ring (bicyclic) bond motifs is 6. The van der Waals surface area contributed by atoms with Gasteiger partial charge in [0.1, 0.15) is 71.4 Å². The molecule has 6 aromatic carbocycles. The van der Waals surface area contributed by atoms with Crippen molar-refractivity contribution in [2.24, 2.45) is 0 Å². The van der Waals surface area contributed by atoms with E-state index in [1.54, 1.807) is 12.1 Å². The fourth-order valence-electron chi connectivity index (χ4n) is 14.9. The Balaban J connectivity index is 0.839. The van der Waals surface area contributed by atoms with Gasteiger partial charge >= 0.3 is 12.0 Å². The molecule has 6 fully saturated rings. The summed E-state index contributed by atoms with van der Waals surface area (Å²) < 4.78 is 125. The lowest BCUT2D eigenvalue weighted by Crippen LogP contribution is -2.45. The van der Waals surface area contributed by atoms with Crippen molar-refractivity contribution in [3.05, 3.63) is 107 Å². The number of aromatic nitrogens is 4. The van der Waals surface area contributed by atoms with Crippen molar-refractivity contribution in [3.63, 3.8) is 0 Å². The number of phenols is 2. The molecule has 6 saturated heterocycles. The van der Waals surface area contributed by atoms with E-state index < -0.39 is 64.9 Å². The Morgan fingerprint density at radius 2 is 1.17 bits per heavy atom. The Bertz CT molecular complexity index is 4250. The van der Waals surface area contributed by atoms with Crippen LogP contribution in [0.15, 0.2) is 66.7 Å². The lowest BCUT2D eigenvalue weighted by atomic mass is 9.87. The van der Waals surface area contributed by atoms with Gasteiger partial charge < -0.3 is 49.2 Å². The SMILES string of the molecule is C#Cc1c(F)ccc2cc(O)cc(-c3ccc4c(N5CCO[C@@H](CO)C5)nc(OC[C@@]56CCCN5C(c5cc(F)c(C#C)c7c(-c8ccc9c(N%10CCO[C@H](CO)C%10)nc(OC[C@@]%10%11CCCN%10C[C@H](F)C%11)nc9c8F)cc(O)cc57)[C@H](F)C6)nc4c3F)c12. The summed E-state index contributed by atoms with van der Waals surface area (Å²) in [6.45, 7) is 1.99. The average Bonchev–Trinajstić information content (AvgIpc) is 1.30. The molecule has 8 aromatic rings. The highest BCUT2D eigenvalue weighted by Gasteiger charge is 2.56. The predicted molar refractivity (Wildman–Crippen MR) is 317 cm³/mol. The first kappa shape index (κ1) is 57.5. The normalized spacial score (nSPS) is 24.8. The van der Waals surface area contributed by atoms with Crippen LogP contribution in [0.1, 0.15) is 61.3 Å². The molecule has 14 rings (SSSR count). The summed E-state index contributed by atoms with van der Waals surface area (Å²) >= 11 is 0. The number of phenolic OH excluding ortho intramolecular Hbond substituents is 2. The molecule has 0 radical (unpaired) electrons. The van der Waals surface area contributed by atoms with Gasteiger partial charge in [0.05, 0.1) is 66.9 Å². The van der Waals surface area contributed by atoms with E-state index in [0.29, 0.717) is 56.6 Å². The van der Waals surface area contributed by atoms with Crippen LogP contribution in [0.3, 0.4) is 0 Å². The molecule has 6 aliphatic heterocycles. The fourth-order valence-corrected chi connectivity index (χ4v) is 14.9. The zero-order valence-corrected chi connectivity index (χ0v) is 47.6. The molecular weight excluding hydrogens is 1150 g/mol. The fraction of sp³-hybridized carbons (Fsp3) is 0.394. The molecule has 1 unspecified atom stereocenters. The number of ether oxygens (including phenoxy) is 4. The molecule has 6 aliphatic rings. The second kappa shape index (κ2) is 22.4. The zero-order valence-electron chi connectivity index (χ0n) is 47.6. The molecule has 0 amide bonds. The number of terminal acetylenes is 2. The van der Waals surface area contributed by atoms with Crippen LogP contribution >= 0.6 is 0 Å². The number of aliphatic hydroxyl groups is 2. The molecule has 0 aliphatic carbocycles. The molecule has 22 heteroatoms. The van der Waals surface area contributed by atoms with E-state index >= 15 is 22.0 Å².